The summed E-state index contributed by atoms with van der Waals surface area (Å²) in [6, 6.07) is 11.5. The van der Waals surface area contributed by atoms with Gasteiger partial charge in [-0.3, -0.25) is 9.59 Å². The van der Waals surface area contributed by atoms with Crippen LogP contribution in [0.5, 0.6) is 0 Å². The minimum Gasteiger partial charge on any atom is -0.343 e. The number of carbonyl (C=O) groups is 2. The number of piperidine rings is 1. The number of hydrogen-bond donors (Lipinski definition) is 0. The van der Waals surface area contributed by atoms with Crippen molar-refractivity contribution < 1.29 is 9.59 Å². The van der Waals surface area contributed by atoms with Crippen LogP contribution < -0.4 is 0 Å². The molecule has 3 saturated heterocycles. The third-order valence-corrected chi connectivity index (χ3v) is 7.21. The van der Waals surface area contributed by atoms with Gasteiger partial charge < -0.3 is 14.7 Å². The van der Waals surface area contributed by atoms with Crippen molar-refractivity contribution in [1.29, 1.82) is 0 Å². The highest BCUT2D eigenvalue weighted by Gasteiger charge is 2.43. The molecule has 5 nitrogen and oxygen atoms in total. The van der Waals surface area contributed by atoms with E-state index in [-0.39, 0.29) is 17.9 Å². The molecule has 29 heavy (non-hydrogen) atoms. The van der Waals surface area contributed by atoms with Gasteiger partial charge in [0.05, 0.1) is 6.04 Å². The average molecular weight is 398 g/mol. The van der Waals surface area contributed by atoms with Gasteiger partial charge in [0.25, 0.3) is 0 Å². The molecule has 3 aliphatic rings. The fourth-order valence-electron chi connectivity index (χ4n) is 5.67. The Labute approximate surface area is 175 Å². The molecule has 0 radical (unpaired) electrons. The van der Waals surface area contributed by atoms with Crippen LogP contribution in [0.15, 0.2) is 30.3 Å². The number of nitrogens with zero attached hydrogens (tertiary/aromatic N) is 3. The first-order chi connectivity index (χ1) is 14.1. The third-order valence-electron chi connectivity index (χ3n) is 7.21. The highest BCUT2D eigenvalue weighted by molar-refractivity contribution is 5.78. The number of carbonyl (C=O) groups excluding carboxylic acids is 2. The van der Waals surface area contributed by atoms with Gasteiger partial charge in [0, 0.05) is 44.4 Å². The summed E-state index contributed by atoms with van der Waals surface area (Å²) in [5.41, 5.74) is 1.37. The molecule has 2 amide bonds. The minimum absolute atomic E-state index is 0.255. The Morgan fingerprint density at radius 1 is 1.03 bits per heavy atom. The van der Waals surface area contributed by atoms with E-state index in [9.17, 15) is 9.59 Å². The SMILES string of the molecule is CN1CC[C@H](c2ccccc2)[C@@H]2[C@H]1CCCCN2C(=O)CCCN1CCCC1=O. The predicted octanol–water partition coefficient (Wildman–Crippen LogP) is 3.26. The van der Waals surface area contributed by atoms with E-state index in [1.54, 1.807) is 0 Å². The van der Waals surface area contributed by atoms with Crippen LogP contribution in [-0.4, -0.2) is 71.8 Å². The largest absolute Gasteiger partial charge is 0.343 e. The summed E-state index contributed by atoms with van der Waals surface area (Å²) in [5, 5.41) is 0. The van der Waals surface area contributed by atoms with Gasteiger partial charge in [0.2, 0.25) is 11.8 Å². The van der Waals surface area contributed by atoms with Crippen molar-refractivity contribution >= 4 is 11.8 Å². The fraction of sp³-hybridized carbons (Fsp3) is 0.667. The number of likely N-dealkylation sites (tertiary alicyclic amines) is 3. The number of benzene rings is 1. The number of hydrogen-bond acceptors (Lipinski definition) is 3. The van der Waals surface area contributed by atoms with Crippen molar-refractivity contribution in [3.8, 4) is 0 Å². The van der Waals surface area contributed by atoms with Gasteiger partial charge in [-0.15, -0.1) is 0 Å². The number of fused-ring (bicyclic) bond motifs is 1. The maximum atomic E-state index is 13.3. The Balaban J connectivity index is 1.48. The summed E-state index contributed by atoms with van der Waals surface area (Å²) >= 11 is 0. The van der Waals surface area contributed by atoms with Gasteiger partial charge in [-0.05, 0) is 51.3 Å². The van der Waals surface area contributed by atoms with E-state index >= 15 is 0 Å². The number of rotatable bonds is 5. The van der Waals surface area contributed by atoms with Gasteiger partial charge in [-0.1, -0.05) is 36.8 Å². The summed E-state index contributed by atoms with van der Waals surface area (Å²) < 4.78 is 0. The molecule has 1 aromatic carbocycles. The molecule has 1 aromatic rings. The quantitative estimate of drug-likeness (QED) is 0.766. The lowest BCUT2D eigenvalue weighted by Crippen LogP contribution is -2.58. The standard InChI is InChI=1S/C24H35N3O2/c1-25-18-14-20(19-9-3-2-4-10-19)24-21(25)11-5-6-17-27(24)23(29)13-8-16-26-15-7-12-22(26)28/h2-4,9-10,20-21,24H,5-8,11-18H2,1H3/t20-,21-,24-/m1/s1. The number of amides is 2. The van der Waals surface area contributed by atoms with Crippen LogP contribution in [0, 0.1) is 0 Å². The zero-order valence-electron chi connectivity index (χ0n) is 17.8. The smallest absolute Gasteiger partial charge is 0.222 e. The Hall–Kier alpha value is -1.88. The molecule has 0 aromatic heterocycles. The van der Waals surface area contributed by atoms with Crippen LogP contribution in [0.4, 0.5) is 0 Å². The molecular weight excluding hydrogens is 362 g/mol. The summed E-state index contributed by atoms with van der Waals surface area (Å²) in [4.78, 5) is 31.8. The Morgan fingerprint density at radius 3 is 2.62 bits per heavy atom. The van der Waals surface area contributed by atoms with E-state index in [0.717, 1.165) is 51.9 Å². The summed E-state index contributed by atoms with van der Waals surface area (Å²) in [6.07, 6.45) is 7.55. The second-order valence-electron chi connectivity index (χ2n) is 9.02. The van der Waals surface area contributed by atoms with E-state index in [0.29, 0.717) is 24.8 Å². The molecule has 0 saturated carbocycles. The molecule has 0 unspecified atom stereocenters. The van der Waals surface area contributed by atoms with Crippen LogP contribution >= 0.6 is 0 Å². The maximum absolute atomic E-state index is 13.3. The minimum atomic E-state index is 0.255. The molecule has 0 aliphatic carbocycles. The van der Waals surface area contributed by atoms with Crippen molar-refractivity contribution in [2.45, 2.75) is 69.4 Å². The zero-order valence-corrected chi connectivity index (χ0v) is 17.8. The van der Waals surface area contributed by atoms with Crippen molar-refractivity contribution in [1.82, 2.24) is 14.7 Å². The molecule has 3 fully saturated rings. The van der Waals surface area contributed by atoms with E-state index in [2.05, 4.69) is 47.2 Å². The Morgan fingerprint density at radius 2 is 1.86 bits per heavy atom. The van der Waals surface area contributed by atoms with Crippen molar-refractivity contribution in [2.75, 3.05) is 33.2 Å². The van der Waals surface area contributed by atoms with Crippen molar-refractivity contribution in [3.05, 3.63) is 35.9 Å². The molecule has 158 valence electrons. The van der Waals surface area contributed by atoms with Crippen LogP contribution in [-0.2, 0) is 9.59 Å². The topological polar surface area (TPSA) is 43.9 Å². The van der Waals surface area contributed by atoms with Crippen LogP contribution in [0.3, 0.4) is 0 Å². The van der Waals surface area contributed by atoms with Crippen molar-refractivity contribution in [3.63, 3.8) is 0 Å². The predicted molar refractivity (Wildman–Crippen MR) is 115 cm³/mol. The lowest BCUT2D eigenvalue weighted by molar-refractivity contribution is -0.137. The van der Waals surface area contributed by atoms with Crippen LogP contribution in [0.2, 0.25) is 0 Å². The Kier molecular flexibility index (Phi) is 6.53. The summed E-state index contributed by atoms with van der Waals surface area (Å²) in [6.45, 7) is 3.57. The summed E-state index contributed by atoms with van der Waals surface area (Å²) in [7, 11) is 2.23. The molecular formula is C24H35N3O2. The monoisotopic (exact) mass is 397 g/mol. The van der Waals surface area contributed by atoms with Crippen molar-refractivity contribution in [2.24, 2.45) is 0 Å². The molecule has 0 spiro atoms. The second-order valence-corrected chi connectivity index (χ2v) is 9.02. The maximum Gasteiger partial charge on any atom is 0.222 e. The highest BCUT2D eigenvalue weighted by atomic mass is 16.2. The van der Waals surface area contributed by atoms with Gasteiger partial charge in [-0.2, -0.15) is 0 Å². The summed E-state index contributed by atoms with van der Waals surface area (Å²) in [5.74, 6) is 0.953. The normalized spacial score (nSPS) is 28.3. The first kappa shape index (κ1) is 20.4. The molecule has 3 atom stereocenters. The van der Waals surface area contributed by atoms with E-state index in [1.807, 2.05) is 4.90 Å². The molecule has 5 heteroatoms. The average Bonchev–Trinajstić information content (AvgIpc) is 3.00. The number of likely N-dealkylation sites (N-methyl/N-ethyl adjacent to an activating group) is 1. The lowest BCUT2D eigenvalue weighted by Gasteiger charge is -2.48. The first-order valence-corrected chi connectivity index (χ1v) is 11.5. The van der Waals surface area contributed by atoms with Gasteiger partial charge in [-0.25, -0.2) is 0 Å². The Bertz CT molecular complexity index is 707. The zero-order chi connectivity index (χ0) is 20.2. The van der Waals surface area contributed by atoms with Gasteiger partial charge in [0.1, 0.15) is 0 Å². The lowest BCUT2D eigenvalue weighted by atomic mass is 9.79. The molecule has 3 aliphatic heterocycles. The van der Waals surface area contributed by atoms with Crippen LogP contribution in [0.25, 0.3) is 0 Å². The highest BCUT2D eigenvalue weighted by Crippen LogP contribution is 2.38. The van der Waals surface area contributed by atoms with Gasteiger partial charge >= 0.3 is 0 Å². The first-order valence-electron chi connectivity index (χ1n) is 11.5. The van der Waals surface area contributed by atoms with Crippen LogP contribution in [0.1, 0.15) is 62.8 Å². The second kappa shape index (κ2) is 9.29. The molecule has 3 heterocycles. The third kappa shape index (κ3) is 4.50. The molecule has 4 rings (SSSR count). The van der Waals surface area contributed by atoms with Gasteiger partial charge in [0.15, 0.2) is 0 Å². The molecule has 0 bridgehead atoms. The van der Waals surface area contributed by atoms with E-state index < -0.39 is 0 Å². The van der Waals surface area contributed by atoms with E-state index in [1.165, 1.54) is 18.4 Å². The van der Waals surface area contributed by atoms with E-state index in [4.69, 9.17) is 0 Å². The molecule has 0 N–H and O–H groups in total. The fourth-order valence-corrected chi connectivity index (χ4v) is 5.67.